The fourth-order valence-corrected chi connectivity index (χ4v) is 3.67. The van der Waals surface area contributed by atoms with Crippen molar-refractivity contribution in [2.45, 2.75) is 24.4 Å². The maximum atomic E-state index is 14.1. The van der Waals surface area contributed by atoms with Gasteiger partial charge >= 0.3 is 0 Å². The number of halogens is 2. The van der Waals surface area contributed by atoms with Crippen LogP contribution >= 0.6 is 11.6 Å². The minimum Gasteiger partial charge on any atom is -0.353 e. The van der Waals surface area contributed by atoms with Crippen LogP contribution in [0.5, 0.6) is 0 Å². The van der Waals surface area contributed by atoms with E-state index < -0.39 is 5.67 Å². The molecule has 2 heterocycles. The molecule has 1 unspecified atom stereocenters. The normalized spacial score (nSPS) is 20.3. The Hall–Kier alpha value is -2.05. The number of nitrogens with zero attached hydrogens (tertiary/aromatic N) is 4. The molecule has 4 rings (SSSR count). The fraction of sp³-hybridized carbons (Fsp3) is 0.450. The molecule has 0 amide bonds. The molecule has 2 fully saturated rings. The molecule has 0 radical (unpaired) electrons. The summed E-state index contributed by atoms with van der Waals surface area (Å²) < 4.78 is 14.1. The Morgan fingerprint density at radius 2 is 1.78 bits per heavy atom. The number of benzene rings is 1. The maximum absolute atomic E-state index is 14.1. The van der Waals surface area contributed by atoms with Crippen molar-refractivity contribution in [3.63, 3.8) is 0 Å². The lowest BCUT2D eigenvalue weighted by Crippen LogP contribution is -2.48. The Bertz CT molecular complexity index is 787. The van der Waals surface area contributed by atoms with Gasteiger partial charge in [0, 0.05) is 32.7 Å². The molecule has 1 saturated heterocycles. The molecule has 142 valence electrons. The molecule has 1 aromatic heterocycles. The van der Waals surface area contributed by atoms with Gasteiger partial charge in [-0.05, 0) is 36.1 Å². The van der Waals surface area contributed by atoms with Crippen molar-refractivity contribution in [3.05, 3.63) is 52.7 Å². The van der Waals surface area contributed by atoms with Crippen LogP contribution in [0.15, 0.2) is 36.4 Å². The van der Waals surface area contributed by atoms with E-state index >= 15 is 0 Å². The summed E-state index contributed by atoms with van der Waals surface area (Å²) in [6.45, 7) is 4.01. The van der Waals surface area contributed by atoms with Crippen LogP contribution in [-0.2, 0) is 10.5 Å². The van der Waals surface area contributed by atoms with Gasteiger partial charge in [0.25, 0.3) is 0 Å². The molecule has 0 spiro atoms. The quantitative estimate of drug-likeness (QED) is 0.711. The van der Waals surface area contributed by atoms with Crippen LogP contribution in [0, 0.1) is 0 Å². The van der Waals surface area contributed by atoms with Crippen molar-refractivity contribution in [1.82, 2.24) is 15.1 Å². The van der Waals surface area contributed by atoms with Gasteiger partial charge in [-0.25, -0.2) is 4.39 Å². The van der Waals surface area contributed by atoms with Crippen LogP contribution < -0.4 is 4.90 Å². The average Bonchev–Trinajstić information content (AvgIpc) is 3.46. The summed E-state index contributed by atoms with van der Waals surface area (Å²) in [5.41, 5.74) is 0.549. The van der Waals surface area contributed by atoms with E-state index in [4.69, 9.17) is 11.6 Å². The van der Waals surface area contributed by atoms with E-state index in [2.05, 4.69) is 20.0 Å². The molecule has 1 aliphatic carbocycles. The summed E-state index contributed by atoms with van der Waals surface area (Å²) in [5.74, 6) is 0.623. The molecule has 2 aliphatic rings. The fourth-order valence-electron chi connectivity index (χ4n) is 3.57. The minimum atomic E-state index is -1.13. The number of hydrogen-bond donors (Lipinski definition) is 0. The molecular formula is C20H22ClFN4O. The number of hydrogen-bond acceptors (Lipinski definition) is 5. The van der Waals surface area contributed by atoms with Gasteiger partial charge < -0.3 is 9.69 Å². The molecule has 7 heteroatoms. The molecule has 1 saturated carbocycles. The van der Waals surface area contributed by atoms with Gasteiger partial charge in [0.05, 0.1) is 5.92 Å². The van der Waals surface area contributed by atoms with Gasteiger partial charge in [0.1, 0.15) is 12.0 Å². The van der Waals surface area contributed by atoms with Crippen LogP contribution in [-0.4, -0.2) is 54.1 Å². The van der Waals surface area contributed by atoms with Crippen LogP contribution in [0.1, 0.15) is 29.9 Å². The Morgan fingerprint density at radius 3 is 2.33 bits per heavy atom. The summed E-state index contributed by atoms with van der Waals surface area (Å²) in [6, 6.07) is 11.1. The largest absolute Gasteiger partial charge is 0.353 e. The van der Waals surface area contributed by atoms with E-state index in [0.717, 1.165) is 49.4 Å². The number of carbonyl (C=O) groups is 1. The van der Waals surface area contributed by atoms with E-state index in [1.165, 1.54) is 0 Å². The van der Waals surface area contributed by atoms with Crippen molar-refractivity contribution in [3.8, 4) is 0 Å². The summed E-state index contributed by atoms with van der Waals surface area (Å²) in [4.78, 5) is 16.1. The lowest BCUT2D eigenvalue weighted by molar-refractivity contribution is -0.109. The molecular weight excluding hydrogens is 367 g/mol. The first-order valence-corrected chi connectivity index (χ1v) is 9.66. The first-order chi connectivity index (χ1) is 13.1. The van der Waals surface area contributed by atoms with Crippen molar-refractivity contribution >= 4 is 23.7 Å². The second kappa shape index (κ2) is 7.52. The predicted octanol–water partition coefficient (Wildman–Crippen LogP) is 3.19. The predicted molar refractivity (Wildman–Crippen MR) is 103 cm³/mol. The van der Waals surface area contributed by atoms with Crippen LogP contribution in [0.4, 0.5) is 10.2 Å². The van der Waals surface area contributed by atoms with E-state index in [-0.39, 0.29) is 5.92 Å². The Morgan fingerprint density at radius 1 is 1.07 bits per heavy atom. The monoisotopic (exact) mass is 388 g/mol. The van der Waals surface area contributed by atoms with Crippen molar-refractivity contribution in [2.24, 2.45) is 0 Å². The summed E-state index contributed by atoms with van der Waals surface area (Å²) in [7, 11) is 0. The standard InChI is InChI=1S/C20H22ClFN4O/c21-18-5-6-19(24-23-18)26-11-9-25(10-12-26)13-16(14-27)15-1-3-17(4-2-15)20(22)7-8-20/h1-6,14,16H,7-13H2. The molecule has 1 aliphatic heterocycles. The first kappa shape index (κ1) is 18.3. The number of carbonyl (C=O) groups excluding carboxylic acids is 1. The van der Waals surface area contributed by atoms with Crippen LogP contribution in [0.3, 0.4) is 0 Å². The summed E-state index contributed by atoms with van der Waals surface area (Å²) >= 11 is 5.79. The van der Waals surface area contributed by atoms with Gasteiger partial charge in [-0.3, -0.25) is 4.90 Å². The minimum absolute atomic E-state index is 0.198. The Balaban J connectivity index is 1.34. The third kappa shape index (κ3) is 4.12. The highest BCUT2D eigenvalue weighted by Crippen LogP contribution is 2.49. The maximum Gasteiger partial charge on any atom is 0.151 e. The number of alkyl halides is 1. The zero-order valence-corrected chi connectivity index (χ0v) is 15.8. The third-order valence-corrected chi connectivity index (χ3v) is 5.68. The second-order valence-electron chi connectivity index (χ2n) is 7.33. The van der Waals surface area contributed by atoms with E-state index in [1.807, 2.05) is 30.3 Å². The molecule has 1 atom stereocenters. The van der Waals surface area contributed by atoms with Crippen molar-refractivity contribution in [2.75, 3.05) is 37.6 Å². The average molecular weight is 389 g/mol. The van der Waals surface area contributed by atoms with Gasteiger partial charge in [-0.2, -0.15) is 0 Å². The SMILES string of the molecule is O=CC(CN1CCN(c2ccc(Cl)nn2)CC1)c1ccc(C2(F)CC2)cc1. The first-order valence-electron chi connectivity index (χ1n) is 9.29. The van der Waals surface area contributed by atoms with Crippen LogP contribution in [0.2, 0.25) is 5.15 Å². The van der Waals surface area contributed by atoms with Crippen LogP contribution in [0.25, 0.3) is 0 Å². The highest BCUT2D eigenvalue weighted by molar-refractivity contribution is 6.29. The highest BCUT2D eigenvalue weighted by atomic mass is 35.5. The number of aldehydes is 1. The van der Waals surface area contributed by atoms with E-state index in [0.29, 0.717) is 24.5 Å². The molecule has 1 aromatic carbocycles. The van der Waals surface area contributed by atoms with E-state index in [9.17, 15) is 9.18 Å². The molecule has 0 bridgehead atoms. The number of anilines is 1. The summed E-state index contributed by atoms with van der Waals surface area (Å²) in [6.07, 6.45) is 2.20. The lowest BCUT2D eigenvalue weighted by Gasteiger charge is -2.36. The van der Waals surface area contributed by atoms with E-state index in [1.54, 1.807) is 6.07 Å². The molecule has 27 heavy (non-hydrogen) atoms. The zero-order valence-electron chi connectivity index (χ0n) is 15.0. The lowest BCUT2D eigenvalue weighted by atomic mass is 9.97. The second-order valence-corrected chi connectivity index (χ2v) is 7.72. The number of aromatic nitrogens is 2. The topological polar surface area (TPSA) is 49.3 Å². The Kier molecular flexibility index (Phi) is 5.10. The van der Waals surface area contributed by atoms with Crippen molar-refractivity contribution < 1.29 is 9.18 Å². The van der Waals surface area contributed by atoms with Gasteiger partial charge in [0.2, 0.25) is 0 Å². The van der Waals surface area contributed by atoms with Gasteiger partial charge in [-0.1, -0.05) is 35.9 Å². The van der Waals surface area contributed by atoms with Gasteiger partial charge in [0.15, 0.2) is 11.0 Å². The number of rotatable bonds is 6. The smallest absolute Gasteiger partial charge is 0.151 e. The van der Waals surface area contributed by atoms with Crippen molar-refractivity contribution in [1.29, 1.82) is 0 Å². The number of piperazine rings is 1. The zero-order chi connectivity index (χ0) is 18.9. The van der Waals surface area contributed by atoms with Gasteiger partial charge in [-0.15, -0.1) is 10.2 Å². The molecule has 2 aromatic rings. The molecule has 5 nitrogen and oxygen atoms in total. The Labute approximate surface area is 163 Å². The summed E-state index contributed by atoms with van der Waals surface area (Å²) in [5, 5.41) is 8.40. The third-order valence-electron chi connectivity index (χ3n) is 5.48. The molecule has 0 N–H and O–H groups in total. The highest BCUT2D eigenvalue weighted by Gasteiger charge is 2.44.